The molecule has 0 rings (SSSR count). The minimum atomic E-state index is -4.39. The molecule has 0 aliphatic rings. The largest absolute Gasteiger partial charge is 0.472 e. The van der Waals surface area contributed by atoms with Crippen LogP contribution >= 0.6 is 7.82 Å². The van der Waals surface area contributed by atoms with Gasteiger partial charge in [-0.1, -0.05) is 288 Å². The van der Waals surface area contributed by atoms with E-state index >= 15 is 0 Å². The molecule has 0 amide bonds. The topological polar surface area (TPSA) is 108 Å². The van der Waals surface area contributed by atoms with Crippen molar-refractivity contribution in [1.29, 1.82) is 0 Å². The summed E-state index contributed by atoms with van der Waals surface area (Å²) < 4.78 is 34.7. The van der Waals surface area contributed by atoms with Crippen LogP contribution in [-0.4, -0.2) is 74.9 Å². The van der Waals surface area contributed by atoms with Crippen molar-refractivity contribution in [2.75, 3.05) is 47.5 Å². The van der Waals surface area contributed by atoms with Gasteiger partial charge in [0, 0.05) is 12.8 Å². The maximum atomic E-state index is 12.9. The first-order valence-corrected chi connectivity index (χ1v) is 35.2. The van der Waals surface area contributed by atoms with Gasteiger partial charge < -0.3 is 18.9 Å². The minimum Gasteiger partial charge on any atom is -0.462 e. The Morgan fingerprint density at radius 2 is 0.692 bits per heavy atom. The average Bonchev–Trinajstić information content (AvgIpc) is 3.41. The summed E-state index contributed by atoms with van der Waals surface area (Å²) in [6.07, 6.45) is 75.2. The third-order valence-corrected chi connectivity index (χ3v) is 16.1. The van der Waals surface area contributed by atoms with E-state index in [9.17, 15) is 19.0 Å². The molecule has 0 spiro atoms. The lowest BCUT2D eigenvalue weighted by Gasteiger charge is -2.24. The number of hydrogen-bond donors (Lipinski definition) is 1. The first-order valence-electron chi connectivity index (χ1n) is 33.7. The summed E-state index contributed by atoms with van der Waals surface area (Å²) >= 11 is 0. The van der Waals surface area contributed by atoms with Crippen LogP contribution in [0.3, 0.4) is 0 Å². The third kappa shape index (κ3) is 63.4. The Bertz CT molecular complexity index is 1410. The molecule has 78 heavy (non-hydrogen) atoms. The van der Waals surface area contributed by atoms with E-state index in [1.54, 1.807) is 0 Å². The first kappa shape index (κ1) is 76.2. The number of ether oxygens (including phenoxy) is 2. The highest BCUT2D eigenvalue weighted by atomic mass is 31.2. The molecule has 9 nitrogen and oxygen atoms in total. The lowest BCUT2D eigenvalue weighted by molar-refractivity contribution is -0.870. The number of allylic oxidation sites excluding steroid dienone is 6. The van der Waals surface area contributed by atoms with Crippen molar-refractivity contribution in [2.45, 2.75) is 341 Å². The highest BCUT2D eigenvalue weighted by molar-refractivity contribution is 7.47. The molecule has 0 fully saturated rings. The van der Waals surface area contributed by atoms with E-state index in [0.29, 0.717) is 23.9 Å². The van der Waals surface area contributed by atoms with Crippen LogP contribution in [0.2, 0.25) is 0 Å². The van der Waals surface area contributed by atoms with Gasteiger partial charge in [0.05, 0.1) is 27.7 Å². The van der Waals surface area contributed by atoms with Gasteiger partial charge in [-0.2, -0.15) is 0 Å². The Balaban J connectivity index is 4.04. The second-order valence-electron chi connectivity index (χ2n) is 24.2. The normalized spacial score (nSPS) is 13.4. The standard InChI is InChI=1S/C68H130NO8P/c1-6-8-10-12-14-16-18-20-22-24-26-28-30-32-34-36-38-40-42-44-46-48-50-52-54-56-58-60-67(70)74-64-66(65-76-78(72,73)75-63-62-69(3,4)5)77-68(71)61-59-57-55-53-51-49-47-45-43-41-39-37-35-33-31-29-27-25-23-21-19-17-15-13-11-9-7-2/h19,21,24-27,66H,6-18,20,22-23,28-65H2,1-5H3/p+1/b21-19-,26-24-,27-25-. The summed E-state index contributed by atoms with van der Waals surface area (Å²) in [6, 6.07) is 0. The first-order chi connectivity index (χ1) is 38.0. The van der Waals surface area contributed by atoms with Crippen molar-refractivity contribution in [1.82, 2.24) is 0 Å². The Morgan fingerprint density at radius 1 is 0.397 bits per heavy atom. The van der Waals surface area contributed by atoms with Crippen LogP contribution < -0.4 is 0 Å². The molecular weight excluding hydrogens is 990 g/mol. The Kier molecular flexibility index (Phi) is 58.5. The summed E-state index contributed by atoms with van der Waals surface area (Å²) in [5.74, 6) is -0.779. The maximum absolute atomic E-state index is 12.9. The number of rotatable bonds is 63. The number of phosphoric acid groups is 1. The fraction of sp³-hybridized carbons (Fsp3) is 0.882. The number of carbonyl (C=O) groups excluding carboxylic acids is 2. The van der Waals surface area contributed by atoms with E-state index in [4.69, 9.17) is 18.5 Å². The highest BCUT2D eigenvalue weighted by Gasteiger charge is 2.27. The molecule has 0 aromatic rings. The summed E-state index contributed by atoms with van der Waals surface area (Å²) in [6.45, 7) is 4.48. The van der Waals surface area contributed by atoms with Crippen LogP contribution in [0.1, 0.15) is 335 Å². The smallest absolute Gasteiger partial charge is 0.462 e. The molecule has 0 radical (unpaired) electrons. The quantitative estimate of drug-likeness (QED) is 0.0211. The molecule has 0 saturated carbocycles. The number of quaternary nitrogens is 1. The summed E-state index contributed by atoms with van der Waals surface area (Å²) in [5.41, 5.74) is 0. The van der Waals surface area contributed by atoms with Gasteiger partial charge in [-0.25, -0.2) is 4.57 Å². The molecule has 460 valence electrons. The number of nitrogens with zero attached hydrogens (tertiary/aromatic N) is 1. The van der Waals surface area contributed by atoms with Gasteiger partial charge in [0.2, 0.25) is 0 Å². The van der Waals surface area contributed by atoms with E-state index in [2.05, 4.69) is 50.3 Å². The van der Waals surface area contributed by atoms with Gasteiger partial charge in [-0.05, 0) is 70.6 Å². The van der Waals surface area contributed by atoms with Crippen molar-refractivity contribution in [2.24, 2.45) is 0 Å². The van der Waals surface area contributed by atoms with E-state index in [1.165, 1.54) is 263 Å². The van der Waals surface area contributed by atoms with E-state index in [-0.39, 0.29) is 25.6 Å². The van der Waals surface area contributed by atoms with E-state index < -0.39 is 26.5 Å². The van der Waals surface area contributed by atoms with E-state index in [1.807, 2.05) is 21.1 Å². The Morgan fingerprint density at radius 3 is 1.03 bits per heavy atom. The third-order valence-electron chi connectivity index (χ3n) is 15.1. The van der Waals surface area contributed by atoms with Crippen LogP contribution in [-0.2, 0) is 32.7 Å². The zero-order chi connectivity index (χ0) is 57.0. The zero-order valence-corrected chi connectivity index (χ0v) is 53.3. The zero-order valence-electron chi connectivity index (χ0n) is 52.4. The number of unbranched alkanes of at least 4 members (excludes halogenated alkanes) is 43. The molecule has 0 saturated heterocycles. The molecule has 1 N–H and O–H groups in total. The fourth-order valence-electron chi connectivity index (χ4n) is 9.93. The van der Waals surface area contributed by atoms with E-state index in [0.717, 1.165) is 38.5 Å². The lowest BCUT2D eigenvalue weighted by Crippen LogP contribution is -2.37. The molecule has 0 heterocycles. The number of likely N-dealkylation sites (N-methyl/N-ethyl adjacent to an activating group) is 1. The molecule has 0 aliphatic heterocycles. The van der Waals surface area contributed by atoms with Crippen molar-refractivity contribution >= 4 is 19.8 Å². The van der Waals surface area contributed by atoms with Gasteiger partial charge >= 0.3 is 19.8 Å². The molecular formula is C68H131NO8P+. The van der Waals surface area contributed by atoms with Crippen LogP contribution in [0, 0.1) is 0 Å². The van der Waals surface area contributed by atoms with Gasteiger partial charge in [0.25, 0.3) is 0 Å². The molecule has 2 unspecified atom stereocenters. The van der Waals surface area contributed by atoms with Crippen LogP contribution in [0.25, 0.3) is 0 Å². The number of esters is 2. The van der Waals surface area contributed by atoms with Crippen molar-refractivity contribution in [3.8, 4) is 0 Å². The van der Waals surface area contributed by atoms with Crippen molar-refractivity contribution in [3.63, 3.8) is 0 Å². The second-order valence-corrected chi connectivity index (χ2v) is 25.7. The molecule has 0 aromatic heterocycles. The number of carbonyl (C=O) groups is 2. The average molecular weight is 1120 g/mol. The highest BCUT2D eigenvalue weighted by Crippen LogP contribution is 2.43. The van der Waals surface area contributed by atoms with Crippen LogP contribution in [0.4, 0.5) is 0 Å². The summed E-state index contributed by atoms with van der Waals surface area (Å²) in [7, 11) is 1.49. The molecule has 0 aromatic carbocycles. The molecule has 0 aliphatic carbocycles. The van der Waals surface area contributed by atoms with Gasteiger partial charge in [0.1, 0.15) is 19.8 Å². The molecule has 0 bridgehead atoms. The SMILES string of the molecule is CCCCCCC/C=C\C/C=C\CCCCCCCCCCCCCCCCCC(=O)OC(COC(=O)CCCCCCCCCCCCCCCCC/C=C\CCCCCCCCCC)COP(=O)(O)OCC[N+](C)(C)C. The minimum absolute atomic E-state index is 0.0338. The number of phosphoric ester groups is 1. The monoisotopic (exact) mass is 1120 g/mol. The summed E-state index contributed by atoms with van der Waals surface area (Å²) in [5, 5.41) is 0. The van der Waals surface area contributed by atoms with Gasteiger partial charge in [-0.3, -0.25) is 18.6 Å². The predicted molar refractivity (Wildman–Crippen MR) is 335 cm³/mol. The predicted octanol–water partition coefficient (Wildman–Crippen LogP) is 21.5. The number of hydrogen-bond acceptors (Lipinski definition) is 7. The van der Waals surface area contributed by atoms with Crippen molar-refractivity contribution in [3.05, 3.63) is 36.5 Å². The van der Waals surface area contributed by atoms with Crippen LogP contribution in [0.15, 0.2) is 36.5 Å². The molecule has 10 heteroatoms. The second kappa shape index (κ2) is 59.8. The maximum Gasteiger partial charge on any atom is 0.472 e. The lowest BCUT2D eigenvalue weighted by atomic mass is 10.0. The Hall–Kier alpha value is -1.77. The molecule has 2 atom stereocenters. The summed E-state index contributed by atoms with van der Waals surface area (Å²) in [4.78, 5) is 35.8. The van der Waals surface area contributed by atoms with Crippen LogP contribution in [0.5, 0.6) is 0 Å². The van der Waals surface area contributed by atoms with Crippen molar-refractivity contribution < 1.29 is 42.1 Å². The van der Waals surface area contributed by atoms with Gasteiger partial charge in [0.15, 0.2) is 6.10 Å². The fourth-order valence-corrected chi connectivity index (χ4v) is 10.7. The van der Waals surface area contributed by atoms with Gasteiger partial charge in [-0.15, -0.1) is 0 Å². The Labute approximate surface area is 484 Å².